The van der Waals surface area contributed by atoms with Crippen LogP contribution in [0.5, 0.6) is 0 Å². The molecule has 1 aliphatic rings. The van der Waals surface area contributed by atoms with E-state index in [0.29, 0.717) is 11.6 Å². The number of aryl methyl sites for hydroxylation is 1. The van der Waals surface area contributed by atoms with Gasteiger partial charge in [-0.15, -0.1) is 11.3 Å². The topological polar surface area (TPSA) is 37.9 Å². The summed E-state index contributed by atoms with van der Waals surface area (Å²) in [6.45, 7) is 3.68. The zero-order chi connectivity index (χ0) is 20.0. The Kier molecular flexibility index (Phi) is 4.68. The molecule has 2 aromatic carbocycles. The van der Waals surface area contributed by atoms with Crippen molar-refractivity contribution in [1.82, 2.24) is 9.97 Å². The van der Waals surface area contributed by atoms with Gasteiger partial charge in [0.15, 0.2) is 0 Å². The van der Waals surface area contributed by atoms with Crippen molar-refractivity contribution in [1.29, 1.82) is 0 Å². The van der Waals surface area contributed by atoms with E-state index in [0.717, 1.165) is 48.2 Å². The first-order valence-corrected chi connectivity index (χ1v) is 10.5. The first kappa shape index (κ1) is 18.5. The third-order valence-corrected chi connectivity index (χ3v) is 6.64. The quantitative estimate of drug-likeness (QED) is 0.422. The first-order chi connectivity index (χ1) is 14.1. The summed E-state index contributed by atoms with van der Waals surface area (Å²) < 4.78 is 33.8. The lowest BCUT2D eigenvalue weighted by atomic mass is 10.0. The molecule has 0 atom stereocenters. The number of halogens is 2. The Bertz CT molecular complexity index is 1170. The largest absolute Gasteiger partial charge is 0.381 e. The van der Waals surface area contributed by atoms with Crippen molar-refractivity contribution in [2.24, 2.45) is 0 Å². The van der Waals surface area contributed by atoms with Crippen LogP contribution in [0.15, 0.2) is 42.5 Å². The van der Waals surface area contributed by atoms with E-state index < -0.39 is 11.6 Å². The van der Waals surface area contributed by atoms with Crippen LogP contribution in [0.3, 0.4) is 0 Å². The maximum Gasteiger partial charge on any atom is 0.135 e. The average Bonchev–Trinajstić information content (AvgIpc) is 3.31. The Labute approximate surface area is 171 Å². The maximum atomic E-state index is 14.2. The van der Waals surface area contributed by atoms with E-state index in [-0.39, 0.29) is 5.56 Å². The molecule has 148 valence electrons. The number of nitrogens with zero attached hydrogens (tertiary/aromatic N) is 1. The maximum absolute atomic E-state index is 14.2. The normalized spacial score (nSPS) is 15.3. The van der Waals surface area contributed by atoms with Gasteiger partial charge in [0.2, 0.25) is 0 Å². The van der Waals surface area contributed by atoms with Crippen LogP contribution in [0.4, 0.5) is 8.78 Å². The molecule has 29 heavy (non-hydrogen) atoms. The van der Waals surface area contributed by atoms with E-state index in [2.05, 4.69) is 11.9 Å². The molecule has 2 aromatic heterocycles. The number of hydrogen-bond donors (Lipinski definition) is 1. The number of thiazole rings is 1. The molecule has 1 fully saturated rings. The second-order valence-electron chi connectivity index (χ2n) is 7.43. The molecular formula is C23H20F2N2OS. The Balaban J connectivity index is 1.53. The summed E-state index contributed by atoms with van der Waals surface area (Å²) in [6.07, 6.45) is 2.03. The van der Waals surface area contributed by atoms with Crippen molar-refractivity contribution >= 4 is 22.2 Å². The van der Waals surface area contributed by atoms with E-state index in [4.69, 9.17) is 9.72 Å². The molecule has 3 heterocycles. The average molecular weight is 410 g/mol. The van der Waals surface area contributed by atoms with Crippen LogP contribution in [0.25, 0.3) is 33.4 Å². The summed E-state index contributed by atoms with van der Waals surface area (Å²) in [7, 11) is 0. The van der Waals surface area contributed by atoms with Gasteiger partial charge in [-0.25, -0.2) is 13.8 Å². The summed E-state index contributed by atoms with van der Waals surface area (Å²) in [6, 6.07) is 11.7. The smallest absolute Gasteiger partial charge is 0.135 e. The third kappa shape index (κ3) is 3.36. The van der Waals surface area contributed by atoms with Crippen LogP contribution >= 0.6 is 11.3 Å². The Morgan fingerprint density at radius 1 is 1.07 bits per heavy atom. The Hall–Kier alpha value is -2.57. The van der Waals surface area contributed by atoms with Crippen LogP contribution in [0.2, 0.25) is 0 Å². The van der Waals surface area contributed by atoms with Crippen molar-refractivity contribution in [2.75, 3.05) is 13.2 Å². The number of hydrogen-bond acceptors (Lipinski definition) is 3. The van der Waals surface area contributed by atoms with Gasteiger partial charge in [0.1, 0.15) is 11.6 Å². The molecule has 1 saturated heterocycles. The molecule has 1 N–H and O–H groups in total. The summed E-state index contributed by atoms with van der Waals surface area (Å²) >= 11 is 1.75. The Morgan fingerprint density at radius 2 is 1.83 bits per heavy atom. The number of rotatable bonds is 3. The van der Waals surface area contributed by atoms with Crippen LogP contribution in [-0.4, -0.2) is 23.2 Å². The van der Waals surface area contributed by atoms with Crippen molar-refractivity contribution < 1.29 is 13.5 Å². The molecule has 0 amide bonds. The molecule has 4 aromatic rings. The predicted molar refractivity (Wildman–Crippen MR) is 112 cm³/mol. The molecule has 6 heteroatoms. The number of aromatic nitrogens is 2. The molecule has 0 bridgehead atoms. The fourth-order valence-corrected chi connectivity index (χ4v) is 5.09. The molecule has 0 radical (unpaired) electrons. The highest BCUT2D eigenvalue weighted by atomic mass is 32.1. The minimum absolute atomic E-state index is 0.0307. The number of H-pyrrole nitrogens is 1. The number of fused-ring (bicyclic) bond motifs is 1. The molecule has 0 saturated carbocycles. The molecule has 0 aliphatic carbocycles. The zero-order valence-corrected chi connectivity index (χ0v) is 16.8. The summed E-state index contributed by atoms with van der Waals surface area (Å²) in [5, 5.41) is 2.07. The summed E-state index contributed by atoms with van der Waals surface area (Å²) in [5.74, 6) is -0.686. The standard InChI is InChI=1S/C23H20F2N2OS/c1-13-22(27-23(29-13)14-7-9-28-10-8-14)15-5-6-19-16(11-15)12-20(26-19)21-17(24)3-2-4-18(21)25/h2-6,11-12,14,26H,7-10H2,1H3. The number of nitrogens with one attached hydrogen (secondary N) is 1. The van der Waals surface area contributed by atoms with E-state index >= 15 is 0 Å². The van der Waals surface area contributed by atoms with Gasteiger partial charge in [0.05, 0.1) is 22.0 Å². The van der Waals surface area contributed by atoms with Crippen molar-refractivity contribution in [3.8, 4) is 22.5 Å². The lowest BCUT2D eigenvalue weighted by Gasteiger charge is -2.19. The molecule has 3 nitrogen and oxygen atoms in total. The fourth-order valence-electron chi connectivity index (χ4n) is 3.97. The van der Waals surface area contributed by atoms with Gasteiger partial charge in [-0.2, -0.15) is 0 Å². The number of aromatic amines is 1. The second-order valence-corrected chi connectivity index (χ2v) is 8.66. The van der Waals surface area contributed by atoms with Gasteiger partial charge < -0.3 is 9.72 Å². The lowest BCUT2D eigenvalue weighted by Crippen LogP contribution is -2.13. The second kappa shape index (κ2) is 7.35. The van der Waals surface area contributed by atoms with Crippen LogP contribution < -0.4 is 0 Å². The van der Waals surface area contributed by atoms with E-state index in [1.807, 2.05) is 18.2 Å². The summed E-state index contributed by atoms with van der Waals surface area (Å²) in [5.41, 5.74) is 3.24. The Morgan fingerprint density at radius 3 is 2.59 bits per heavy atom. The van der Waals surface area contributed by atoms with Crippen molar-refractivity contribution in [2.45, 2.75) is 25.7 Å². The molecule has 0 spiro atoms. The third-order valence-electron chi connectivity index (χ3n) is 5.51. The lowest BCUT2D eigenvalue weighted by molar-refractivity contribution is 0.0853. The van der Waals surface area contributed by atoms with Crippen LogP contribution in [-0.2, 0) is 4.74 Å². The minimum atomic E-state index is -0.576. The monoisotopic (exact) mass is 410 g/mol. The fraction of sp³-hybridized carbons (Fsp3) is 0.261. The number of ether oxygens (including phenoxy) is 1. The number of benzene rings is 2. The van der Waals surface area contributed by atoms with Gasteiger partial charge in [0, 0.05) is 40.5 Å². The first-order valence-electron chi connectivity index (χ1n) is 9.73. The highest BCUT2D eigenvalue weighted by molar-refractivity contribution is 7.12. The van der Waals surface area contributed by atoms with Crippen molar-refractivity contribution in [3.05, 3.63) is 64.0 Å². The summed E-state index contributed by atoms with van der Waals surface area (Å²) in [4.78, 5) is 9.25. The molecule has 0 unspecified atom stereocenters. The van der Waals surface area contributed by atoms with E-state index in [1.165, 1.54) is 28.1 Å². The minimum Gasteiger partial charge on any atom is -0.381 e. The van der Waals surface area contributed by atoms with Crippen LogP contribution in [0.1, 0.15) is 28.6 Å². The predicted octanol–water partition coefficient (Wildman–Crippen LogP) is 6.44. The molecule has 5 rings (SSSR count). The SMILES string of the molecule is Cc1sc(C2CCOCC2)nc1-c1ccc2[nH]c(-c3c(F)cccc3F)cc2c1. The highest BCUT2D eigenvalue weighted by Gasteiger charge is 2.21. The van der Waals surface area contributed by atoms with Crippen molar-refractivity contribution in [3.63, 3.8) is 0 Å². The molecular weight excluding hydrogens is 390 g/mol. The van der Waals surface area contributed by atoms with E-state index in [9.17, 15) is 8.78 Å². The van der Waals surface area contributed by atoms with Gasteiger partial charge in [-0.1, -0.05) is 12.1 Å². The highest BCUT2D eigenvalue weighted by Crippen LogP contribution is 2.37. The van der Waals surface area contributed by atoms with Gasteiger partial charge in [-0.3, -0.25) is 0 Å². The van der Waals surface area contributed by atoms with Gasteiger partial charge in [-0.05, 0) is 50.1 Å². The van der Waals surface area contributed by atoms with Crippen LogP contribution in [0, 0.1) is 18.6 Å². The zero-order valence-electron chi connectivity index (χ0n) is 16.0. The van der Waals surface area contributed by atoms with Gasteiger partial charge >= 0.3 is 0 Å². The van der Waals surface area contributed by atoms with Gasteiger partial charge in [0.25, 0.3) is 0 Å². The molecule has 1 aliphatic heterocycles. The van der Waals surface area contributed by atoms with E-state index in [1.54, 1.807) is 17.4 Å².